The number of rotatable bonds is 3. The minimum atomic E-state index is -0.354. The van der Waals surface area contributed by atoms with Crippen LogP contribution in [0.15, 0.2) is 78.9 Å². The van der Waals surface area contributed by atoms with Gasteiger partial charge in [-0.15, -0.1) is 0 Å². The number of aryl methyl sites for hydroxylation is 1. The van der Waals surface area contributed by atoms with Gasteiger partial charge in [-0.3, -0.25) is 9.59 Å². The first kappa shape index (κ1) is 16.7. The van der Waals surface area contributed by atoms with Gasteiger partial charge < -0.3 is 5.32 Å². The van der Waals surface area contributed by atoms with E-state index >= 15 is 0 Å². The minimum absolute atomic E-state index is 0.218. The van der Waals surface area contributed by atoms with Crippen LogP contribution in [0.3, 0.4) is 0 Å². The molecule has 132 valence electrons. The number of amides is 1. The maximum atomic E-state index is 13.0. The molecule has 1 amide bonds. The van der Waals surface area contributed by atoms with Crippen molar-refractivity contribution in [2.75, 3.05) is 5.32 Å². The number of hydrogen-bond acceptors (Lipinski definition) is 3. The molecule has 4 rings (SSSR count). The molecule has 0 atom stereocenters. The lowest BCUT2D eigenvalue weighted by molar-refractivity contribution is 0.0949. The van der Waals surface area contributed by atoms with Crippen LogP contribution < -0.4 is 5.32 Å². The molecule has 5 heteroatoms. The Morgan fingerprint density at radius 1 is 0.889 bits per heavy atom. The van der Waals surface area contributed by atoms with E-state index < -0.39 is 0 Å². The zero-order valence-electron chi connectivity index (χ0n) is 14.7. The van der Waals surface area contributed by atoms with Gasteiger partial charge in [-0.05, 0) is 37.3 Å². The molecule has 4 aromatic rings. The Morgan fingerprint density at radius 2 is 1.63 bits per heavy atom. The van der Waals surface area contributed by atoms with Crippen LogP contribution in [0.1, 0.15) is 26.4 Å². The summed E-state index contributed by atoms with van der Waals surface area (Å²) in [5.41, 5.74) is 3.00. The molecule has 0 saturated carbocycles. The van der Waals surface area contributed by atoms with Gasteiger partial charge >= 0.3 is 0 Å². The highest BCUT2D eigenvalue weighted by Gasteiger charge is 2.21. The van der Waals surface area contributed by atoms with Gasteiger partial charge in [0.2, 0.25) is 0 Å². The molecule has 3 aromatic carbocycles. The van der Waals surface area contributed by atoms with E-state index in [-0.39, 0.29) is 17.5 Å². The van der Waals surface area contributed by atoms with Gasteiger partial charge in [0.25, 0.3) is 11.8 Å². The summed E-state index contributed by atoms with van der Waals surface area (Å²) in [7, 11) is 0. The van der Waals surface area contributed by atoms with Crippen LogP contribution >= 0.6 is 0 Å². The number of carbonyl (C=O) groups excluding carboxylic acids is 2. The van der Waals surface area contributed by atoms with Gasteiger partial charge in [0.1, 0.15) is 0 Å². The molecule has 27 heavy (non-hydrogen) atoms. The topological polar surface area (TPSA) is 64.0 Å². The van der Waals surface area contributed by atoms with Crippen molar-refractivity contribution in [3.05, 3.63) is 95.7 Å². The Kier molecular flexibility index (Phi) is 4.26. The van der Waals surface area contributed by atoms with Crippen molar-refractivity contribution in [1.82, 2.24) is 9.78 Å². The fourth-order valence-corrected chi connectivity index (χ4v) is 3.00. The molecule has 1 N–H and O–H groups in total. The number of carbonyl (C=O) groups is 2. The Bertz CT molecular complexity index is 1150. The van der Waals surface area contributed by atoms with E-state index in [1.54, 1.807) is 30.3 Å². The second kappa shape index (κ2) is 6.88. The number of anilines is 1. The summed E-state index contributed by atoms with van der Waals surface area (Å²) >= 11 is 0. The number of benzene rings is 3. The lowest BCUT2D eigenvalue weighted by Gasteiger charge is -2.03. The zero-order valence-corrected chi connectivity index (χ0v) is 14.7. The molecular weight excluding hydrogens is 338 g/mol. The van der Waals surface area contributed by atoms with Gasteiger partial charge in [-0.2, -0.15) is 9.78 Å². The molecule has 0 aliphatic carbocycles. The molecule has 0 radical (unpaired) electrons. The Morgan fingerprint density at radius 3 is 2.41 bits per heavy atom. The van der Waals surface area contributed by atoms with Crippen molar-refractivity contribution >= 4 is 28.4 Å². The van der Waals surface area contributed by atoms with Crippen LogP contribution in [-0.4, -0.2) is 21.6 Å². The smallest absolute Gasteiger partial charge is 0.278 e. The molecule has 0 spiro atoms. The monoisotopic (exact) mass is 355 g/mol. The second-order valence-electron chi connectivity index (χ2n) is 6.27. The zero-order chi connectivity index (χ0) is 18.8. The third-order valence-electron chi connectivity index (χ3n) is 4.29. The molecular formula is C22H17N3O2. The first-order valence-corrected chi connectivity index (χ1v) is 8.59. The molecule has 5 nitrogen and oxygen atoms in total. The fraction of sp³-hybridized carbons (Fsp3) is 0.0455. The van der Waals surface area contributed by atoms with Crippen LogP contribution in [0.5, 0.6) is 0 Å². The molecule has 0 bridgehead atoms. The van der Waals surface area contributed by atoms with Crippen LogP contribution in [0.4, 0.5) is 5.69 Å². The highest BCUT2D eigenvalue weighted by molar-refractivity contribution is 6.13. The summed E-state index contributed by atoms with van der Waals surface area (Å²) in [6.07, 6.45) is 0. The number of nitrogens with one attached hydrogen (secondary N) is 1. The largest absolute Gasteiger partial charge is 0.321 e. The molecule has 1 heterocycles. The van der Waals surface area contributed by atoms with Gasteiger partial charge in [-0.25, -0.2) is 0 Å². The van der Waals surface area contributed by atoms with E-state index in [1.165, 1.54) is 4.68 Å². The average Bonchev–Trinajstić information content (AvgIpc) is 3.08. The van der Waals surface area contributed by atoms with Crippen LogP contribution in [0.25, 0.3) is 10.9 Å². The first-order valence-electron chi connectivity index (χ1n) is 8.59. The summed E-state index contributed by atoms with van der Waals surface area (Å²) < 4.78 is 1.30. The minimum Gasteiger partial charge on any atom is -0.321 e. The highest BCUT2D eigenvalue weighted by Crippen LogP contribution is 2.21. The summed E-state index contributed by atoms with van der Waals surface area (Å²) in [6.45, 7) is 1.93. The lowest BCUT2D eigenvalue weighted by Crippen LogP contribution is -2.17. The van der Waals surface area contributed by atoms with Crippen molar-refractivity contribution in [3.63, 3.8) is 0 Å². The van der Waals surface area contributed by atoms with E-state index in [4.69, 9.17) is 0 Å². The number of aromatic nitrogens is 2. The van der Waals surface area contributed by atoms with Gasteiger partial charge in [0, 0.05) is 16.6 Å². The predicted octanol–water partition coefficient (Wildman–Crippen LogP) is 4.29. The van der Waals surface area contributed by atoms with E-state index in [0.29, 0.717) is 22.2 Å². The van der Waals surface area contributed by atoms with Crippen molar-refractivity contribution in [2.24, 2.45) is 0 Å². The summed E-state index contributed by atoms with van der Waals surface area (Å²) in [5, 5.41) is 7.80. The van der Waals surface area contributed by atoms with Crippen molar-refractivity contribution in [3.8, 4) is 0 Å². The van der Waals surface area contributed by atoms with Gasteiger partial charge in [-0.1, -0.05) is 54.1 Å². The summed E-state index contributed by atoms with van der Waals surface area (Å²) in [6, 6.07) is 23.7. The van der Waals surface area contributed by atoms with Crippen LogP contribution in [0.2, 0.25) is 0 Å². The highest BCUT2D eigenvalue weighted by atomic mass is 16.2. The summed E-state index contributed by atoms with van der Waals surface area (Å²) in [5.74, 6) is -0.623. The maximum Gasteiger partial charge on any atom is 0.278 e. The van der Waals surface area contributed by atoms with Gasteiger partial charge in [0.15, 0.2) is 5.69 Å². The number of para-hydroxylation sites is 2. The standard InChI is InChI=1S/C22H17N3O2/c1-15-8-7-9-16(14-15)22(27)25-19-13-6-5-12-18(19)20(24-25)21(26)23-17-10-3-2-4-11-17/h2-14H,1H3,(H,23,26). The molecule has 0 saturated heterocycles. The first-order chi connectivity index (χ1) is 13.1. The normalized spacial score (nSPS) is 10.7. The van der Waals surface area contributed by atoms with E-state index in [0.717, 1.165) is 5.56 Å². The van der Waals surface area contributed by atoms with Crippen molar-refractivity contribution < 1.29 is 9.59 Å². The van der Waals surface area contributed by atoms with E-state index in [9.17, 15) is 9.59 Å². The predicted molar refractivity (Wildman–Crippen MR) is 105 cm³/mol. The maximum absolute atomic E-state index is 13.0. The van der Waals surface area contributed by atoms with Crippen LogP contribution in [0, 0.1) is 6.92 Å². The quantitative estimate of drug-likeness (QED) is 0.596. The Labute approximate surface area is 156 Å². The molecule has 1 aromatic heterocycles. The second-order valence-corrected chi connectivity index (χ2v) is 6.27. The third-order valence-corrected chi connectivity index (χ3v) is 4.29. The molecule has 0 unspecified atom stereocenters. The number of hydrogen-bond donors (Lipinski definition) is 1. The van der Waals surface area contributed by atoms with E-state index in [1.807, 2.05) is 55.5 Å². The Hall–Kier alpha value is -3.73. The number of fused-ring (bicyclic) bond motifs is 1. The fourth-order valence-electron chi connectivity index (χ4n) is 3.00. The number of nitrogens with zero attached hydrogens (tertiary/aromatic N) is 2. The van der Waals surface area contributed by atoms with E-state index in [2.05, 4.69) is 10.4 Å². The Balaban J connectivity index is 1.77. The molecule has 0 aliphatic heterocycles. The molecule has 0 aliphatic rings. The third kappa shape index (κ3) is 3.22. The summed E-state index contributed by atoms with van der Waals surface area (Å²) in [4.78, 5) is 25.7. The van der Waals surface area contributed by atoms with Crippen LogP contribution in [-0.2, 0) is 0 Å². The SMILES string of the molecule is Cc1cccc(C(=O)n2nc(C(=O)Nc3ccccc3)c3ccccc32)c1. The lowest BCUT2D eigenvalue weighted by atomic mass is 10.1. The molecule has 0 fully saturated rings. The van der Waals surface area contributed by atoms with Gasteiger partial charge in [0.05, 0.1) is 5.52 Å². The van der Waals surface area contributed by atoms with Crippen molar-refractivity contribution in [2.45, 2.75) is 6.92 Å². The van der Waals surface area contributed by atoms with Crippen molar-refractivity contribution in [1.29, 1.82) is 0 Å². The average molecular weight is 355 g/mol.